The number of hydrogen-bond acceptors (Lipinski definition) is 2. The lowest BCUT2D eigenvalue weighted by molar-refractivity contribution is -0.148. The molecular weight excluding hydrogens is 184 g/mol. The second-order valence-corrected chi connectivity index (χ2v) is 3.88. The summed E-state index contributed by atoms with van der Waals surface area (Å²) < 4.78 is 0. The van der Waals surface area contributed by atoms with Crippen LogP contribution in [0.2, 0.25) is 0 Å². The molecule has 1 saturated carbocycles. The quantitative estimate of drug-likeness (QED) is 0.674. The Morgan fingerprint density at radius 1 is 1.21 bits per heavy atom. The van der Waals surface area contributed by atoms with Crippen LogP contribution in [-0.2, 0) is 9.59 Å². The van der Waals surface area contributed by atoms with Gasteiger partial charge >= 0.3 is 11.9 Å². The minimum atomic E-state index is -1.10. The summed E-state index contributed by atoms with van der Waals surface area (Å²) in [6, 6.07) is 0. The molecule has 0 heterocycles. The Kier molecular flexibility index (Phi) is 2.93. The molecule has 0 unspecified atom stereocenters. The average Bonchev–Trinajstić information content (AvgIpc) is 2.53. The van der Waals surface area contributed by atoms with Crippen LogP contribution in [0, 0.1) is 5.41 Å². The van der Waals surface area contributed by atoms with E-state index < -0.39 is 17.4 Å². The van der Waals surface area contributed by atoms with Crippen LogP contribution >= 0.6 is 0 Å². The summed E-state index contributed by atoms with van der Waals surface area (Å²) in [4.78, 5) is 21.6. The lowest BCUT2D eigenvalue weighted by Gasteiger charge is -2.23. The smallest absolute Gasteiger partial charge is 0.330 e. The maximum Gasteiger partial charge on any atom is 0.330 e. The summed E-state index contributed by atoms with van der Waals surface area (Å²) in [6.45, 7) is 3.38. The molecule has 14 heavy (non-hydrogen) atoms. The van der Waals surface area contributed by atoms with Crippen molar-refractivity contribution in [2.75, 3.05) is 0 Å². The van der Waals surface area contributed by atoms with E-state index in [1.165, 1.54) is 0 Å². The molecule has 0 bridgehead atoms. The second-order valence-electron chi connectivity index (χ2n) is 3.88. The van der Waals surface area contributed by atoms with Crippen LogP contribution in [0.3, 0.4) is 0 Å². The fourth-order valence-corrected chi connectivity index (χ4v) is 2.00. The molecule has 4 nitrogen and oxygen atoms in total. The van der Waals surface area contributed by atoms with E-state index in [9.17, 15) is 9.59 Å². The lowest BCUT2D eigenvalue weighted by atomic mass is 9.80. The zero-order valence-electron chi connectivity index (χ0n) is 7.95. The molecule has 1 aliphatic carbocycles. The third-order valence-corrected chi connectivity index (χ3v) is 2.87. The first-order valence-electron chi connectivity index (χ1n) is 4.62. The van der Waals surface area contributed by atoms with Crippen molar-refractivity contribution in [1.82, 2.24) is 0 Å². The molecule has 1 fully saturated rings. The van der Waals surface area contributed by atoms with Gasteiger partial charge in [0.15, 0.2) is 0 Å². The monoisotopic (exact) mass is 198 g/mol. The van der Waals surface area contributed by atoms with Gasteiger partial charge in [-0.3, -0.25) is 4.79 Å². The van der Waals surface area contributed by atoms with Crippen molar-refractivity contribution in [3.63, 3.8) is 0 Å². The summed E-state index contributed by atoms with van der Waals surface area (Å²) in [6.07, 6.45) is 2.92. The van der Waals surface area contributed by atoms with Crippen LogP contribution in [-0.4, -0.2) is 22.2 Å². The van der Waals surface area contributed by atoms with Crippen LogP contribution in [0.25, 0.3) is 0 Å². The number of carbonyl (C=O) groups is 2. The first kappa shape index (κ1) is 10.8. The van der Waals surface area contributed by atoms with E-state index in [1.54, 1.807) is 0 Å². The molecular formula is C10H14O4. The summed E-state index contributed by atoms with van der Waals surface area (Å²) in [5.74, 6) is -1.99. The average molecular weight is 198 g/mol. The van der Waals surface area contributed by atoms with Gasteiger partial charge in [-0.25, -0.2) is 4.79 Å². The first-order valence-corrected chi connectivity index (χ1v) is 4.62. The van der Waals surface area contributed by atoms with Gasteiger partial charge in [0.25, 0.3) is 0 Å². The van der Waals surface area contributed by atoms with E-state index in [-0.39, 0.29) is 12.0 Å². The fraction of sp³-hybridized carbons (Fsp3) is 0.600. The van der Waals surface area contributed by atoms with Gasteiger partial charge in [0.1, 0.15) is 0 Å². The molecule has 0 aromatic heterocycles. The van der Waals surface area contributed by atoms with Gasteiger partial charge in [0, 0.05) is 5.57 Å². The Morgan fingerprint density at radius 2 is 1.71 bits per heavy atom. The molecule has 4 heteroatoms. The zero-order chi connectivity index (χ0) is 10.8. The highest BCUT2D eigenvalue weighted by molar-refractivity contribution is 5.87. The van der Waals surface area contributed by atoms with E-state index >= 15 is 0 Å². The highest BCUT2D eigenvalue weighted by atomic mass is 16.4. The van der Waals surface area contributed by atoms with E-state index in [0.29, 0.717) is 12.8 Å². The molecule has 78 valence electrons. The molecule has 2 N–H and O–H groups in total. The predicted octanol–water partition coefficient (Wildman–Crippen LogP) is 1.66. The molecule has 0 aromatic rings. The largest absolute Gasteiger partial charge is 0.481 e. The first-order chi connectivity index (χ1) is 6.48. The number of carboxylic acid groups (broad SMARTS) is 2. The molecule has 0 saturated heterocycles. The van der Waals surface area contributed by atoms with Crippen molar-refractivity contribution in [3.8, 4) is 0 Å². The Hall–Kier alpha value is -1.32. The van der Waals surface area contributed by atoms with Crippen molar-refractivity contribution < 1.29 is 19.8 Å². The number of rotatable bonds is 4. The van der Waals surface area contributed by atoms with Crippen LogP contribution in [0.1, 0.15) is 32.1 Å². The van der Waals surface area contributed by atoms with E-state index in [1.807, 2.05) is 0 Å². The van der Waals surface area contributed by atoms with Gasteiger partial charge in [0.05, 0.1) is 5.41 Å². The number of carboxylic acids is 2. The van der Waals surface area contributed by atoms with Gasteiger partial charge in [0.2, 0.25) is 0 Å². The molecule has 0 aromatic carbocycles. The van der Waals surface area contributed by atoms with Gasteiger partial charge in [-0.05, 0) is 19.3 Å². The lowest BCUT2D eigenvalue weighted by Crippen LogP contribution is -2.29. The normalized spacial score (nSPS) is 19.1. The maximum absolute atomic E-state index is 11.0. The minimum Gasteiger partial charge on any atom is -0.481 e. The van der Waals surface area contributed by atoms with Crippen molar-refractivity contribution >= 4 is 11.9 Å². The van der Waals surface area contributed by atoms with E-state index in [0.717, 1.165) is 12.8 Å². The Bertz CT molecular complexity index is 274. The Morgan fingerprint density at radius 3 is 2.07 bits per heavy atom. The minimum absolute atomic E-state index is 0.00528. The number of aliphatic carboxylic acids is 2. The van der Waals surface area contributed by atoms with Crippen molar-refractivity contribution in [2.45, 2.75) is 32.1 Å². The van der Waals surface area contributed by atoms with Crippen LogP contribution in [0.15, 0.2) is 12.2 Å². The van der Waals surface area contributed by atoms with Gasteiger partial charge in [-0.2, -0.15) is 0 Å². The highest BCUT2D eigenvalue weighted by Gasteiger charge is 2.42. The van der Waals surface area contributed by atoms with E-state index in [4.69, 9.17) is 10.2 Å². The highest BCUT2D eigenvalue weighted by Crippen LogP contribution is 2.43. The molecule has 0 amide bonds. The van der Waals surface area contributed by atoms with E-state index in [2.05, 4.69) is 6.58 Å². The third-order valence-electron chi connectivity index (χ3n) is 2.87. The summed E-state index contributed by atoms with van der Waals surface area (Å²) in [7, 11) is 0. The molecule has 0 radical (unpaired) electrons. The van der Waals surface area contributed by atoms with Gasteiger partial charge in [-0.15, -0.1) is 0 Å². The molecule has 0 atom stereocenters. The molecule has 1 rings (SSSR count). The summed E-state index contributed by atoms with van der Waals surface area (Å²) >= 11 is 0. The third kappa shape index (κ3) is 1.95. The summed E-state index contributed by atoms with van der Waals surface area (Å²) in [5.41, 5.74) is -0.871. The van der Waals surface area contributed by atoms with Gasteiger partial charge < -0.3 is 10.2 Å². The maximum atomic E-state index is 11.0. The van der Waals surface area contributed by atoms with Gasteiger partial charge in [-0.1, -0.05) is 19.4 Å². The molecule has 1 aliphatic rings. The Balaban J connectivity index is 2.75. The summed E-state index contributed by atoms with van der Waals surface area (Å²) in [5, 5.41) is 17.7. The van der Waals surface area contributed by atoms with Crippen molar-refractivity contribution in [1.29, 1.82) is 0 Å². The van der Waals surface area contributed by atoms with Crippen LogP contribution < -0.4 is 0 Å². The molecule has 0 spiro atoms. The van der Waals surface area contributed by atoms with Crippen molar-refractivity contribution in [3.05, 3.63) is 12.2 Å². The van der Waals surface area contributed by atoms with Crippen LogP contribution in [0.4, 0.5) is 0 Å². The second kappa shape index (κ2) is 3.82. The predicted molar refractivity (Wildman–Crippen MR) is 49.9 cm³/mol. The number of hydrogen-bond donors (Lipinski definition) is 2. The Labute approximate surface area is 82.2 Å². The zero-order valence-corrected chi connectivity index (χ0v) is 7.95. The SMILES string of the molecule is C=C(CC1(C(=O)O)CCCC1)C(=O)O. The topological polar surface area (TPSA) is 74.6 Å². The fourth-order valence-electron chi connectivity index (χ4n) is 2.00. The standard InChI is InChI=1S/C10H14O4/c1-7(8(11)12)6-10(9(13)14)4-2-3-5-10/h1-6H2,(H,11,12)(H,13,14). The van der Waals surface area contributed by atoms with Crippen LogP contribution in [0.5, 0.6) is 0 Å². The van der Waals surface area contributed by atoms with Crippen molar-refractivity contribution in [2.24, 2.45) is 5.41 Å². The molecule has 0 aliphatic heterocycles.